The first-order chi connectivity index (χ1) is 23.4. The van der Waals surface area contributed by atoms with Crippen LogP contribution >= 0.6 is 11.3 Å². The normalized spacial score (nSPS) is 13.5. The van der Waals surface area contributed by atoms with E-state index in [2.05, 4.69) is 16.1 Å². The molecule has 1 aliphatic rings. The molecular formula is C37H41N3O7S. The van der Waals surface area contributed by atoms with E-state index >= 15 is 0 Å². The number of benzene rings is 3. The minimum atomic E-state index is -0.739. The minimum absolute atomic E-state index is 0.0690. The van der Waals surface area contributed by atoms with Crippen molar-refractivity contribution < 1.29 is 33.5 Å². The molecule has 48 heavy (non-hydrogen) atoms. The van der Waals surface area contributed by atoms with Crippen LogP contribution in [0.25, 0.3) is 10.1 Å². The lowest BCUT2D eigenvalue weighted by atomic mass is 10.1. The van der Waals surface area contributed by atoms with Gasteiger partial charge in [-0.25, -0.2) is 10.3 Å². The Labute approximate surface area is 284 Å². The summed E-state index contributed by atoms with van der Waals surface area (Å²) < 4.78 is 12.5. The van der Waals surface area contributed by atoms with E-state index in [0.29, 0.717) is 42.4 Å². The van der Waals surface area contributed by atoms with Gasteiger partial charge < -0.3 is 20.1 Å². The first kappa shape index (κ1) is 34.6. The Morgan fingerprint density at radius 2 is 1.67 bits per heavy atom. The number of anilines is 1. The maximum absolute atomic E-state index is 12.9. The van der Waals surface area contributed by atoms with E-state index in [4.69, 9.17) is 14.3 Å². The number of hydroxylamine groups is 1. The van der Waals surface area contributed by atoms with Gasteiger partial charge >= 0.3 is 5.97 Å². The molecule has 3 amide bonds. The maximum Gasteiger partial charge on any atom is 0.329 e. The highest BCUT2D eigenvalue weighted by molar-refractivity contribution is 7.20. The molecule has 1 atom stereocenters. The summed E-state index contributed by atoms with van der Waals surface area (Å²) >= 11 is 1.35. The lowest BCUT2D eigenvalue weighted by molar-refractivity contribution is -0.152. The van der Waals surface area contributed by atoms with Crippen molar-refractivity contribution in [1.82, 2.24) is 10.8 Å². The Balaban J connectivity index is 1.04. The number of amides is 3. The van der Waals surface area contributed by atoms with Crippen molar-refractivity contribution >= 4 is 50.8 Å². The van der Waals surface area contributed by atoms with Gasteiger partial charge in [-0.2, -0.15) is 0 Å². The van der Waals surface area contributed by atoms with Crippen molar-refractivity contribution in [3.8, 4) is 5.75 Å². The van der Waals surface area contributed by atoms with Crippen LogP contribution in [0.2, 0.25) is 0 Å². The maximum atomic E-state index is 12.9. The van der Waals surface area contributed by atoms with Crippen LogP contribution in [0.1, 0.15) is 66.2 Å². The van der Waals surface area contributed by atoms with Crippen LogP contribution in [-0.2, 0) is 36.8 Å². The molecule has 1 aliphatic carbocycles. The third-order valence-electron chi connectivity index (χ3n) is 7.93. The smallest absolute Gasteiger partial charge is 0.329 e. The Bertz CT molecular complexity index is 1680. The minimum Gasteiger partial charge on any atom is -0.494 e. The zero-order valence-electron chi connectivity index (χ0n) is 27.0. The Morgan fingerprint density at radius 1 is 0.896 bits per heavy atom. The largest absolute Gasteiger partial charge is 0.494 e. The Morgan fingerprint density at radius 3 is 2.42 bits per heavy atom. The number of esters is 1. The first-order valence-electron chi connectivity index (χ1n) is 16.4. The fraction of sp³-hybridized carbons (Fsp3) is 0.351. The van der Waals surface area contributed by atoms with Crippen LogP contribution in [0.4, 0.5) is 5.69 Å². The molecule has 1 saturated carbocycles. The monoisotopic (exact) mass is 671 g/mol. The lowest BCUT2D eigenvalue weighted by Crippen LogP contribution is -2.44. The summed E-state index contributed by atoms with van der Waals surface area (Å²) in [6.45, 7) is 2.49. The summed E-state index contributed by atoms with van der Waals surface area (Å²) in [4.78, 5) is 56.1. The molecule has 0 saturated heterocycles. The lowest BCUT2D eigenvalue weighted by Gasteiger charge is -2.20. The highest BCUT2D eigenvalue weighted by atomic mass is 32.1. The molecule has 0 unspecified atom stereocenters. The van der Waals surface area contributed by atoms with Crippen LogP contribution in [0, 0.1) is 0 Å². The molecular weight excluding hydrogens is 630 g/mol. The number of rotatable bonds is 16. The van der Waals surface area contributed by atoms with Crippen LogP contribution in [0.3, 0.4) is 0 Å². The molecule has 4 aromatic rings. The topological polar surface area (TPSA) is 132 Å². The number of thiophene rings is 1. The molecule has 1 aromatic heterocycles. The molecule has 5 rings (SSSR count). The summed E-state index contributed by atoms with van der Waals surface area (Å²) in [6.07, 6.45) is 5.02. The van der Waals surface area contributed by atoms with Crippen molar-refractivity contribution in [2.75, 3.05) is 18.5 Å². The number of hydrogen-bond donors (Lipinski definition) is 3. The van der Waals surface area contributed by atoms with E-state index in [1.807, 2.05) is 60.7 Å². The van der Waals surface area contributed by atoms with Gasteiger partial charge in [-0.05, 0) is 91.9 Å². The fourth-order valence-corrected chi connectivity index (χ4v) is 6.43. The number of nitrogens with one attached hydrogen (secondary N) is 3. The van der Waals surface area contributed by atoms with Gasteiger partial charge in [0.2, 0.25) is 11.8 Å². The molecule has 0 aliphatic heterocycles. The molecule has 3 aromatic carbocycles. The molecule has 0 bridgehead atoms. The molecule has 1 heterocycles. The molecule has 0 spiro atoms. The molecule has 252 valence electrons. The van der Waals surface area contributed by atoms with Crippen LogP contribution < -0.4 is 20.9 Å². The van der Waals surface area contributed by atoms with Gasteiger partial charge in [-0.3, -0.25) is 19.2 Å². The average molecular weight is 672 g/mol. The zero-order chi connectivity index (χ0) is 33.7. The van der Waals surface area contributed by atoms with Crippen molar-refractivity contribution in [2.24, 2.45) is 0 Å². The fourth-order valence-electron chi connectivity index (χ4n) is 5.50. The number of ether oxygens (including phenoxy) is 2. The number of fused-ring (bicyclic) bond motifs is 1. The zero-order valence-corrected chi connectivity index (χ0v) is 27.8. The molecule has 10 nitrogen and oxygen atoms in total. The summed E-state index contributed by atoms with van der Waals surface area (Å²) in [5, 5.41) is 6.64. The van der Waals surface area contributed by atoms with Gasteiger partial charge in [0.05, 0.1) is 24.5 Å². The highest BCUT2D eigenvalue weighted by Gasteiger charge is 2.27. The predicted molar refractivity (Wildman–Crippen MR) is 185 cm³/mol. The predicted octanol–water partition coefficient (Wildman–Crippen LogP) is 6.14. The van der Waals surface area contributed by atoms with Crippen molar-refractivity contribution in [3.05, 3.63) is 94.9 Å². The van der Waals surface area contributed by atoms with E-state index < -0.39 is 6.04 Å². The molecule has 1 fully saturated rings. The Hall–Kier alpha value is -4.74. The van der Waals surface area contributed by atoms with Gasteiger partial charge in [-0.1, -0.05) is 42.5 Å². The van der Waals surface area contributed by atoms with Crippen molar-refractivity contribution in [3.63, 3.8) is 0 Å². The van der Waals surface area contributed by atoms with Gasteiger partial charge in [0, 0.05) is 23.2 Å². The van der Waals surface area contributed by atoms with Gasteiger partial charge in [0.15, 0.2) is 0 Å². The second-order valence-corrected chi connectivity index (χ2v) is 12.8. The third kappa shape index (κ3) is 10.4. The standard InChI is InChI=1S/C37H41N3O7S/c1-2-46-40-36(43)33-24-27-23-28(16-19-32(27)48-33)38-35(42)22-26-14-17-29(18-15-26)45-20-8-13-34(41)39-31(21-25-9-4-3-5-10-25)37(44)47-30-11-6-7-12-30/h3-5,9-10,14-19,23-24,30-31H,2,6-8,11-13,20-22H2,1H3,(H,38,42)(H,39,41)(H,40,43)/t31-/m0/s1. The summed E-state index contributed by atoms with van der Waals surface area (Å²) in [6, 6.07) is 23.4. The number of hydrogen-bond acceptors (Lipinski definition) is 8. The Kier molecular flexibility index (Phi) is 12.6. The third-order valence-corrected chi connectivity index (χ3v) is 9.04. The van der Waals surface area contributed by atoms with E-state index in [-0.39, 0.29) is 42.6 Å². The molecule has 0 radical (unpaired) electrons. The van der Waals surface area contributed by atoms with Crippen LogP contribution in [0.5, 0.6) is 5.75 Å². The van der Waals surface area contributed by atoms with Gasteiger partial charge in [0.25, 0.3) is 5.91 Å². The van der Waals surface area contributed by atoms with Gasteiger partial charge in [-0.15, -0.1) is 11.3 Å². The first-order valence-corrected chi connectivity index (χ1v) is 17.2. The highest BCUT2D eigenvalue weighted by Crippen LogP contribution is 2.28. The SMILES string of the molecule is CCONC(=O)c1cc2cc(NC(=O)Cc3ccc(OCCCC(=O)N[C@@H](Cc4ccccc4)C(=O)OC4CCCC4)cc3)ccc2s1. The molecule has 3 N–H and O–H groups in total. The van der Waals surface area contributed by atoms with Crippen molar-refractivity contribution in [1.29, 1.82) is 0 Å². The van der Waals surface area contributed by atoms with E-state index in [9.17, 15) is 19.2 Å². The van der Waals surface area contributed by atoms with E-state index in [0.717, 1.165) is 46.9 Å². The van der Waals surface area contributed by atoms with E-state index in [1.54, 1.807) is 25.1 Å². The van der Waals surface area contributed by atoms with Gasteiger partial charge in [0.1, 0.15) is 17.9 Å². The second-order valence-electron chi connectivity index (χ2n) is 11.7. The van der Waals surface area contributed by atoms with E-state index in [1.165, 1.54) is 11.3 Å². The second kappa shape index (κ2) is 17.4. The summed E-state index contributed by atoms with van der Waals surface area (Å²) in [7, 11) is 0. The summed E-state index contributed by atoms with van der Waals surface area (Å²) in [5.41, 5.74) is 4.81. The number of carbonyl (C=O) groups is 4. The quantitative estimate of drug-likeness (QED) is 0.0741. The van der Waals surface area contributed by atoms with Crippen LogP contribution in [0.15, 0.2) is 78.9 Å². The van der Waals surface area contributed by atoms with Crippen LogP contribution in [-0.4, -0.2) is 49.1 Å². The summed E-state index contributed by atoms with van der Waals surface area (Å²) in [5.74, 6) is -0.451. The average Bonchev–Trinajstić information content (AvgIpc) is 3.76. The van der Waals surface area contributed by atoms with Crippen molar-refractivity contribution in [2.45, 2.75) is 70.4 Å². The molecule has 11 heteroatoms. The number of carbonyl (C=O) groups excluding carboxylic acids is 4.